The number of benzene rings is 2. The Hall–Kier alpha value is -2.43. The second kappa shape index (κ2) is 7.53. The highest BCUT2D eigenvalue weighted by atomic mass is 35.5. The molecule has 0 bridgehead atoms. The molecule has 0 saturated carbocycles. The SMILES string of the molecule is Clc1ccc(Nc2nc(Cc3ccccc3)nc3sc4c(c23)CCCC4)cc1. The van der Waals surface area contributed by atoms with Crippen LogP contribution in [-0.2, 0) is 19.3 Å². The van der Waals surface area contributed by atoms with Crippen LogP contribution in [0, 0.1) is 0 Å². The number of thiophene rings is 1. The Bertz CT molecular complexity index is 1120. The van der Waals surface area contributed by atoms with E-state index >= 15 is 0 Å². The number of halogens is 1. The Kier molecular flexibility index (Phi) is 4.75. The Labute approximate surface area is 173 Å². The summed E-state index contributed by atoms with van der Waals surface area (Å²) in [6.07, 6.45) is 5.51. The van der Waals surface area contributed by atoms with Crippen LogP contribution in [0.4, 0.5) is 11.5 Å². The van der Waals surface area contributed by atoms with Gasteiger partial charge >= 0.3 is 0 Å². The summed E-state index contributed by atoms with van der Waals surface area (Å²) in [5.41, 5.74) is 3.65. The third kappa shape index (κ3) is 3.50. The van der Waals surface area contributed by atoms with Gasteiger partial charge in [-0.1, -0.05) is 41.9 Å². The monoisotopic (exact) mass is 405 g/mol. The first-order chi connectivity index (χ1) is 13.8. The molecular weight excluding hydrogens is 386 g/mol. The minimum atomic E-state index is 0.731. The van der Waals surface area contributed by atoms with E-state index in [1.54, 1.807) is 0 Å². The molecule has 5 rings (SSSR count). The maximum Gasteiger partial charge on any atom is 0.143 e. The van der Waals surface area contributed by atoms with Gasteiger partial charge in [0.1, 0.15) is 16.5 Å². The van der Waals surface area contributed by atoms with Crippen molar-refractivity contribution in [3.63, 3.8) is 0 Å². The molecule has 0 unspecified atom stereocenters. The largest absolute Gasteiger partial charge is 0.340 e. The third-order valence-electron chi connectivity index (χ3n) is 5.17. The van der Waals surface area contributed by atoms with Crippen LogP contribution in [-0.4, -0.2) is 9.97 Å². The van der Waals surface area contributed by atoms with Crippen molar-refractivity contribution < 1.29 is 0 Å². The van der Waals surface area contributed by atoms with Gasteiger partial charge in [0.05, 0.1) is 5.39 Å². The van der Waals surface area contributed by atoms with Crippen molar-refractivity contribution in [2.75, 3.05) is 5.32 Å². The Morgan fingerprint density at radius 3 is 2.54 bits per heavy atom. The van der Waals surface area contributed by atoms with Crippen molar-refractivity contribution in [2.24, 2.45) is 0 Å². The van der Waals surface area contributed by atoms with Gasteiger partial charge in [0, 0.05) is 22.0 Å². The molecule has 3 nitrogen and oxygen atoms in total. The minimum Gasteiger partial charge on any atom is -0.340 e. The van der Waals surface area contributed by atoms with Crippen LogP contribution >= 0.6 is 22.9 Å². The maximum absolute atomic E-state index is 6.05. The first kappa shape index (κ1) is 17.7. The van der Waals surface area contributed by atoms with E-state index in [9.17, 15) is 0 Å². The average molecular weight is 406 g/mol. The molecule has 0 radical (unpaired) electrons. The van der Waals surface area contributed by atoms with E-state index in [1.165, 1.54) is 34.2 Å². The first-order valence-electron chi connectivity index (χ1n) is 9.64. The predicted molar refractivity (Wildman–Crippen MR) is 118 cm³/mol. The molecular formula is C23H20ClN3S. The van der Waals surface area contributed by atoms with E-state index in [4.69, 9.17) is 21.6 Å². The summed E-state index contributed by atoms with van der Waals surface area (Å²) in [6, 6.07) is 18.2. The summed E-state index contributed by atoms with van der Waals surface area (Å²) in [4.78, 5) is 12.5. The molecule has 5 heteroatoms. The minimum absolute atomic E-state index is 0.731. The van der Waals surface area contributed by atoms with Gasteiger partial charge in [-0.05, 0) is 61.1 Å². The lowest BCUT2D eigenvalue weighted by molar-refractivity contribution is 0.700. The normalized spacial score (nSPS) is 13.5. The van der Waals surface area contributed by atoms with Gasteiger partial charge in [0.2, 0.25) is 0 Å². The highest BCUT2D eigenvalue weighted by molar-refractivity contribution is 7.19. The van der Waals surface area contributed by atoms with Gasteiger partial charge in [0.15, 0.2) is 0 Å². The van der Waals surface area contributed by atoms with Crippen molar-refractivity contribution >= 4 is 44.7 Å². The molecule has 2 heterocycles. The summed E-state index contributed by atoms with van der Waals surface area (Å²) in [6.45, 7) is 0. The summed E-state index contributed by atoms with van der Waals surface area (Å²) in [5, 5.41) is 5.47. The fourth-order valence-corrected chi connectivity index (χ4v) is 5.23. The number of aryl methyl sites for hydroxylation is 2. The number of nitrogens with zero attached hydrogens (tertiary/aromatic N) is 2. The topological polar surface area (TPSA) is 37.8 Å². The first-order valence-corrected chi connectivity index (χ1v) is 10.8. The van der Waals surface area contributed by atoms with Crippen LogP contribution in [0.2, 0.25) is 5.02 Å². The van der Waals surface area contributed by atoms with Crippen molar-refractivity contribution in [1.29, 1.82) is 0 Å². The Morgan fingerprint density at radius 2 is 1.71 bits per heavy atom. The molecule has 0 saturated heterocycles. The number of nitrogens with one attached hydrogen (secondary N) is 1. The van der Waals surface area contributed by atoms with E-state index in [-0.39, 0.29) is 0 Å². The smallest absolute Gasteiger partial charge is 0.143 e. The molecule has 0 aliphatic heterocycles. The Balaban J connectivity index is 1.61. The standard InChI is InChI=1S/C23H20ClN3S/c24-16-10-12-17(13-11-16)25-22-21-18-8-4-5-9-19(18)28-23(21)27-20(26-22)14-15-6-2-1-3-7-15/h1-3,6-7,10-13H,4-5,8-9,14H2,(H,25,26,27). The molecule has 0 fully saturated rings. The molecule has 1 aliphatic carbocycles. The van der Waals surface area contributed by atoms with Crippen LogP contribution in [0.3, 0.4) is 0 Å². The lowest BCUT2D eigenvalue weighted by Crippen LogP contribution is -2.04. The van der Waals surface area contributed by atoms with E-state index in [2.05, 4.69) is 29.6 Å². The molecule has 140 valence electrons. The lowest BCUT2D eigenvalue weighted by atomic mass is 9.97. The lowest BCUT2D eigenvalue weighted by Gasteiger charge is -2.13. The van der Waals surface area contributed by atoms with Crippen LogP contribution in [0.1, 0.15) is 34.7 Å². The molecule has 0 amide bonds. The molecule has 2 aromatic heterocycles. The van der Waals surface area contributed by atoms with Crippen LogP contribution in [0.5, 0.6) is 0 Å². The fourth-order valence-electron chi connectivity index (χ4n) is 3.82. The van der Waals surface area contributed by atoms with Crippen molar-refractivity contribution in [3.8, 4) is 0 Å². The van der Waals surface area contributed by atoms with Crippen molar-refractivity contribution in [2.45, 2.75) is 32.1 Å². The van der Waals surface area contributed by atoms with Gasteiger partial charge < -0.3 is 5.32 Å². The van der Waals surface area contributed by atoms with Gasteiger partial charge in [-0.15, -0.1) is 11.3 Å². The van der Waals surface area contributed by atoms with E-state index < -0.39 is 0 Å². The second-order valence-corrected chi connectivity index (χ2v) is 8.69. The van der Waals surface area contributed by atoms with Gasteiger partial charge in [-0.25, -0.2) is 9.97 Å². The van der Waals surface area contributed by atoms with Crippen molar-refractivity contribution in [3.05, 3.63) is 81.4 Å². The molecule has 1 aliphatic rings. The van der Waals surface area contributed by atoms with E-state index in [0.717, 1.165) is 46.4 Å². The number of hydrogen-bond acceptors (Lipinski definition) is 4. The zero-order valence-corrected chi connectivity index (χ0v) is 17.0. The molecule has 1 N–H and O–H groups in total. The quantitative estimate of drug-likeness (QED) is 0.418. The second-order valence-electron chi connectivity index (χ2n) is 7.17. The summed E-state index contributed by atoms with van der Waals surface area (Å²) >= 11 is 7.89. The van der Waals surface area contributed by atoms with Crippen molar-refractivity contribution in [1.82, 2.24) is 9.97 Å². The van der Waals surface area contributed by atoms with Crippen LogP contribution in [0.15, 0.2) is 54.6 Å². The summed E-state index contributed by atoms with van der Waals surface area (Å²) in [7, 11) is 0. The van der Waals surface area contributed by atoms with E-state index in [0.29, 0.717) is 0 Å². The molecule has 4 aromatic rings. The molecule has 28 heavy (non-hydrogen) atoms. The molecule has 0 atom stereocenters. The third-order valence-corrected chi connectivity index (χ3v) is 6.61. The fraction of sp³-hybridized carbons (Fsp3) is 0.217. The number of anilines is 2. The highest BCUT2D eigenvalue weighted by Crippen LogP contribution is 2.39. The summed E-state index contributed by atoms with van der Waals surface area (Å²) < 4.78 is 0. The number of aromatic nitrogens is 2. The van der Waals surface area contributed by atoms with Gasteiger partial charge in [-0.2, -0.15) is 0 Å². The highest BCUT2D eigenvalue weighted by Gasteiger charge is 2.21. The average Bonchev–Trinajstić information content (AvgIpc) is 3.09. The summed E-state index contributed by atoms with van der Waals surface area (Å²) in [5.74, 6) is 1.77. The Morgan fingerprint density at radius 1 is 0.929 bits per heavy atom. The number of hydrogen-bond donors (Lipinski definition) is 1. The van der Waals surface area contributed by atoms with Crippen LogP contribution in [0.25, 0.3) is 10.2 Å². The molecule has 0 spiro atoms. The van der Waals surface area contributed by atoms with Gasteiger partial charge in [0.25, 0.3) is 0 Å². The zero-order chi connectivity index (χ0) is 18.9. The predicted octanol–water partition coefficient (Wildman–Crippen LogP) is 6.56. The zero-order valence-electron chi connectivity index (χ0n) is 15.4. The van der Waals surface area contributed by atoms with E-state index in [1.807, 2.05) is 41.7 Å². The maximum atomic E-state index is 6.05. The van der Waals surface area contributed by atoms with Gasteiger partial charge in [-0.3, -0.25) is 0 Å². The van der Waals surface area contributed by atoms with Crippen LogP contribution < -0.4 is 5.32 Å². The number of rotatable bonds is 4. The number of fused-ring (bicyclic) bond motifs is 3. The molecule has 2 aromatic carbocycles.